The molecule has 6 nitrogen and oxygen atoms in total. The second-order valence-corrected chi connectivity index (χ2v) is 6.36. The van der Waals surface area contributed by atoms with Gasteiger partial charge in [0.25, 0.3) is 0 Å². The summed E-state index contributed by atoms with van der Waals surface area (Å²) < 4.78 is 10.2. The van der Waals surface area contributed by atoms with Crippen LogP contribution in [-0.2, 0) is 9.47 Å². The van der Waals surface area contributed by atoms with Crippen molar-refractivity contribution in [1.29, 1.82) is 0 Å². The maximum absolute atomic E-state index is 5.45. The van der Waals surface area contributed by atoms with E-state index in [9.17, 15) is 0 Å². The van der Waals surface area contributed by atoms with E-state index in [1.807, 2.05) is 0 Å². The molecule has 0 radical (unpaired) electrons. The predicted molar refractivity (Wildman–Crippen MR) is 97.3 cm³/mol. The van der Waals surface area contributed by atoms with Gasteiger partial charge in [0.05, 0.1) is 13.2 Å². The van der Waals surface area contributed by atoms with Gasteiger partial charge in [0.2, 0.25) is 0 Å². The molecule has 2 N–H and O–H groups in total. The van der Waals surface area contributed by atoms with Gasteiger partial charge >= 0.3 is 0 Å². The van der Waals surface area contributed by atoms with E-state index in [0.717, 1.165) is 36.4 Å². The van der Waals surface area contributed by atoms with Gasteiger partial charge in [-0.2, -0.15) is 0 Å². The summed E-state index contributed by atoms with van der Waals surface area (Å²) in [7, 11) is 3.39. The van der Waals surface area contributed by atoms with Crippen molar-refractivity contribution in [2.24, 2.45) is 0 Å². The molecule has 2 atom stereocenters. The molecule has 22 heavy (non-hydrogen) atoms. The fourth-order valence-electron chi connectivity index (χ4n) is 2.30. The van der Waals surface area contributed by atoms with Gasteiger partial charge in [-0.3, -0.25) is 0 Å². The van der Waals surface area contributed by atoms with Crippen molar-refractivity contribution in [2.75, 3.05) is 53.6 Å². The first kappa shape index (κ1) is 19.3. The Balaban J connectivity index is 2.33. The lowest BCUT2D eigenvalue weighted by atomic mass is 10.3. The molecule has 0 aliphatic carbocycles. The molecule has 0 aromatic carbocycles. The Morgan fingerprint density at radius 2 is 1.18 bits per heavy atom. The highest BCUT2D eigenvalue weighted by Crippen LogP contribution is 2.04. The zero-order valence-electron chi connectivity index (χ0n) is 13.9. The summed E-state index contributed by atoms with van der Waals surface area (Å²) in [5, 5.41) is 8.16. The summed E-state index contributed by atoms with van der Waals surface area (Å²) in [6.07, 6.45) is 0. The highest BCUT2D eigenvalue weighted by atomic mass is 32.1. The number of ether oxygens (including phenoxy) is 2. The van der Waals surface area contributed by atoms with E-state index in [4.69, 9.17) is 33.9 Å². The first-order chi connectivity index (χ1) is 10.5. The summed E-state index contributed by atoms with van der Waals surface area (Å²) in [4.78, 5) is 4.36. The lowest BCUT2D eigenvalue weighted by Crippen LogP contribution is -2.57. The number of methoxy groups -OCH3 is 2. The Labute approximate surface area is 144 Å². The topological polar surface area (TPSA) is 49.0 Å². The number of thiocarbonyl (C=S) groups is 2. The maximum Gasteiger partial charge on any atom is 0.169 e. The zero-order chi connectivity index (χ0) is 16.5. The smallest absolute Gasteiger partial charge is 0.169 e. The lowest BCUT2D eigenvalue weighted by Gasteiger charge is -2.38. The quantitative estimate of drug-likeness (QED) is 0.670. The van der Waals surface area contributed by atoms with E-state index in [-0.39, 0.29) is 12.1 Å². The number of hydrogen-bond acceptors (Lipinski definition) is 4. The van der Waals surface area contributed by atoms with Crippen molar-refractivity contribution in [3.05, 3.63) is 0 Å². The molecular formula is C14H28N4O2S2. The van der Waals surface area contributed by atoms with E-state index in [0.29, 0.717) is 13.2 Å². The Hall–Kier alpha value is -0.700. The van der Waals surface area contributed by atoms with Crippen molar-refractivity contribution in [1.82, 2.24) is 20.4 Å². The van der Waals surface area contributed by atoms with Gasteiger partial charge in [-0.15, -0.1) is 0 Å². The van der Waals surface area contributed by atoms with Crippen LogP contribution < -0.4 is 10.6 Å². The second kappa shape index (κ2) is 10.1. The summed E-state index contributed by atoms with van der Waals surface area (Å²) in [5.41, 5.74) is 0. The molecule has 0 amide bonds. The minimum absolute atomic E-state index is 0.216. The van der Waals surface area contributed by atoms with Gasteiger partial charge < -0.3 is 29.9 Å². The standard InChI is InChI=1S/C14H28N4O2S2/c1-11(9-19-3)15-13(21)17-5-7-18(8-6-17)14(22)16-12(2)10-20-4/h11-12H,5-10H2,1-4H3,(H,15,21)(H,16,22)/t11-,12-/m0/s1. The van der Waals surface area contributed by atoms with Crippen LogP contribution in [0.3, 0.4) is 0 Å². The SMILES string of the molecule is COC[C@H](C)NC(=S)N1CCN(C(=S)N[C@@H](C)COC)CC1. The molecule has 0 bridgehead atoms. The average molecular weight is 349 g/mol. The Morgan fingerprint density at radius 3 is 1.45 bits per heavy atom. The second-order valence-electron chi connectivity index (χ2n) is 5.59. The van der Waals surface area contributed by atoms with Gasteiger partial charge in [-0.1, -0.05) is 0 Å². The molecule has 0 saturated carbocycles. The molecule has 0 spiro atoms. The van der Waals surface area contributed by atoms with Gasteiger partial charge in [-0.25, -0.2) is 0 Å². The normalized spacial score (nSPS) is 17.8. The minimum Gasteiger partial charge on any atom is -0.383 e. The first-order valence-electron chi connectivity index (χ1n) is 7.56. The molecule has 0 aromatic rings. The first-order valence-corrected chi connectivity index (χ1v) is 8.38. The summed E-state index contributed by atoms with van der Waals surface area (Å²) in [6.45, 7) is 8.87. The number of nitrogens with one attached hydrogen (secondary N) is 2. The van der Waals surface area contributed by atoms with Crippen molar-refractivity contribution in [2.45, 2.75) is 25.9 Å². The van der Waals surface area contributed by atoms with Crippen molar-refractivity contribution in [3.63, 3.8) is 0 Å². The number of rotatable bonds is 6. The van der Waals surface area contributed by atoms with Gasteiger partial charge in [-0.05, 0) is 38.3 Å². The fourth-order valence-corrected chi connectivity index (χ4v) is 3.07. The van der Waals surface area contributed by atoms with Crippen LogP contribution in [0.5, 0.6) is 0 Å². The third-order valence-corrected chi connectivity index (χ3v) is 4.18. The van der Waals surface area contributed by atoms with Crippen LogP contribution in [0.4, 0.5) is 0 Å². The van der Waals surface area contributed by atoms with Crippen LogP contribution in [0.15, 0.2) is 0 Å². The van der Waals surface area contributed by atoms with E-state index in [2.05, 4.69) is 34.3 Å². The summed E-state index contributed by atoms with van der Waals surface area (Å²) >= 11 is 10.9. The third kappa shape index (κ3) is 6.60. The molecule has 1 rings (SSSR count). The molecule has 1 heterocycles. The van der Waals surface area contributed by atoms with E-state index < -0.39 is 0 Å². The van der Waals surface area contributed by atoms with Gasteiger partial charge in [0.1, 0.15) is 0 Å². The van der Waals surface area contributed by atoms with Crippen LogP contribution in [0.25, 0.3) is 0 Å². The molecule has 1 fully saturated rings. The molecule has 1 saturated heterocycles. The van der Waals surface area contributed by atoms with Crippen LogP contribution in [0, 0.1) is 0 Å². The molecule has 0 unspecified atom stereocenters. The summed E-state index contributed by atoms with van der Waals surface area (Å²) in [5.74, 6) is 0. The number of piperazine rings is 1. The van der Waals surface area contributed by atoms with Crippen molar-refractivity contribution >= 4 is 34.7 Å². The Kier molecular flexibility index (Phi) is 8.92. The van der Waals surface area contributed by atoms with E-state index >= 15 is 0 Å². The minimum atomic E-state index is 0.216. The molecule has 0 aromatic heterocycles. The van der Waals surface area contributed by atoms with Crippen LogP contribution >= 0.6 is 24.4 Å². The zero-order valence-corrected chi connectivity index (χ0v) is 15.6. The molecule has 1 aliphatic rings. The number of hydrogen-bond donors (Lipinski definition) is 2. The number of nitrogens with zero attached hydrogens (tertiary/aromatic N) is 2. The average Bonchev–Trinajstić information content (AvgIpc) is 2.47. The van der Waals surface area contributed by atoms with Gasteiger partial charge in [0.15, 0.2) is 10.2 Å². The molecule has 128 valence electrons. The maximum atomic E-state index is 5.45. The third-order valence-electron chi connectivity index (χ3n) is 3.43. The van der Waals surface area contributed by atoms with Crippen LogP contribution in [0.2, 0.25) is 0 Å². The highest BCUT2D eigenvalue weighted by molar-refractivity contribution is 7.80. The largest absolute Gasteiger partial charge is 0.383 e. The summed E-state index contributed by atoms with van der Waals surface area (Å²) in [6, 6.07) is 0.432. The fraction of sp³-hybridized carbons (Fsp3) is 0.857. The van der Waals surface area contributed by atoms with Crippen molar-refractivity contribution < 1.29 is 9.47 Å². The molecule has 8 heteroatoms. The molecule has 1 aliphatic heterocycles. The molecular weight excluding hydrogens is 320 g/mol. The van der Waals surface area contributed by atoms with Crippen molar-refractivity contribution in [3.8, 4) is 0 Å². The van der Waals surface area contributed by atoms with Crippen LogP contribution in [0.1, 0.15) is 13.8 Å². The Morgan fingerprint density at radius 1 is 0.864 bits per heavy atom. The van der Waals surface area contributed by atoms with Gasteiger partial charge in [0, 0.05) is 52.5 Å². The van der Waals surface area contributed by atoms with E-state index in [1.165, 1.54) is 0 Å². The highest BCUT2D eigenvalue weighted by Gasteiger charge is 2.21. The Bertz CT molecular complexity index is 329. The monoisotopic (exact) mass is 348 g/mol. The predicted octanol–water partition coefficient (Wildman–Crippen LogP) is 0.423. The lowest BCUT2D eigenvalue weighted by molar-refractivity contribution is 0.174. The van der Waals surface area contributed by atoms with Crippen LogP contribution in [-0.4, -0.2) is 85.7 Å². The van der Waals surface area contributed by atoms with E-state index in [1.54, 1.807) is 14.2 Å².